The third-order valence-electron chi connectivity index (χ3n) is 5.58. The van der Waals surface area contributed by atoms with Crippen LogP contribution in [-0.4, -0.2) is 30.0 Å². The van der Waals surface area contributed by atoms with E-state index >= 15 is 0 Å². The molecule has 1 aliphatic heterocycles. The monoisotopic (exact) mass is 380 g/mol. The van der Waals surface area contributed by atoms with Crippen LogP contribution in [0.4, 0.5) is 0 Å². The number of rotatable bonds is 8. The molecule has 0 radical (unpaired) electrons. The second-order valence-corrected chi connectivity index (χ2v) is 7.73. The maximum atomic E-state index is 12.6. The third kappa shape index (κ3) is 5.35. The molecule has 4 nitrogen and oxygen atoms in total. The molecule has 1 amide bonds. The lowest BCUT2D eigenvalue weighted by molar-refractivity contribution is -0.128. The minimum Gasteiger partial charge on any atom is -0.480 e. The van der Waals surface area contributed by atoms with Crippen LogP contribution in [0.25, 0.3) is 0 Å². The molecule has 3 rings (SSSR count). The first kappa shape index (κ1) is 20.4. The highest BCUT2D eigenvalue weighted by Crippen LogP contribution is 2.22. The van der Waals surface area contributed by atoms with Gasteiger partial charge < -0.3 is 10.1 Å². The smallest absolute Gasteiger partial charge is 0.261 e. The molecule has 2 aromatic carbocycles. The summed E-state index contributed by atoms with van der Waals surface area (Å²) in [4.78, 5) is 15.1. The van der Waals surface area contributed by atoms with Crippen molar-refractivity contribution in [1.82, 2.24) is 10.2 Å². The van der Waals surface area contributed by atoms with Crippen molar-refractivity contribution in [2.45, 2.75) is 59.2 Å². The Bertz CT molecular complexity index is 780. The number of amides is 1. The van der Waals surface area contributed by atoms with E-state index in [0.29, 0.717) is 13.0 Å². The van der Waals surface area contributed by atoms with E-state index in [1.807, 2.05) is 26.0 Å². The van der Waals surface area contributed by atoms with E-state index in [0.717, 1.165) is 23.4 Å². The minimum absolute atomic E-state index is 0.0652. The number of hydrogen-bond donors (Lipinski definition) is 1. The molecule has 1 saturated heterocycles. The summed E-state index contributed by atoms with van der Waals surface area (Å²) < 4.78 is 6.00. The van der Waals surface area contributed by atoms with Crippen molar-refractivity contribution in [2.75, 3.05) is 13.1 Å². The number of nitrogens with one attached hydrogen (secondary N) is 1. The molecule has 1 N–H and O–H groups in total. The van der Waals surface area contributed by atoms with Crippen LogP contribution in [0.1, 0.15) is 48.4 Å². The summed E-state index contributed by atoms with van der Waals surface area (Å²) in [6.07, 6.45) is 2.78. The van der Waals surface area contributed by atoms with Gasteiger partial charge in [-0.05, 0) is 74.5 Å². The fourth-order valence-electron chi connectivity index (χ4n) is 3.59. The first-order valence-electron chi connectivity index (χ1n) is 10.4. The maximum Gasteiger partial charge on any atom is 0.261 e. The molecule has 4 heteroatoms. The molecule has 0 aliphatic carbocycles. The van der Waals surface area contributed by atoms with Crippen LogP contribution < -0.4 is 10.1 Å². The zero-order valence-corrected chi connectivity index (χ0v) is 17.3. The lowest BCUT2D eigenvalue weighted by Crippen LogP contribution is -2.37. The van der Waals surface area contributed by atoms with Gasteiger partial charge in [0.1, 0.15) is 5.75 Å². The number of aryl methyl sites for hydroxylation is 1. The molecule has 1 heterocycles. The molecule has 1 unspecified atom stereocenters. The zero-order valence-electron chi connectivity index (χ0n) is 17.3. The van der Waals surface area contributed by atoms with Crippen molar-refractivity contribution >= 4 is 5.91 Å². The van der Waals surface area contributed by atoms with Crippen molar-refractivity contribution in [2.24, 2.45) is 0 Å². The van der Waals surface area contributed by atoms with E-state index in [9.17, 15) is 4.79 Å². The molecule has 2 aromatic rings. The number of ether oxygens (including phenoxy) is 1. The minimum atomic E-state index is -0.477. The van der Waals surface area contributed by atoms with Gasteiger partial charge in [0.05, 0.1) is 0 Å². The fraction of sp³-hybridized carbons (Fsp3) is 0.458. The van der Waals surface area contributed by atoms with E-state index in [1.165, 1.54) is 37.1 Å². The number of likely N-dealkylation sites (tertiary alicyclic amines) is 1. The van der Waals surface area contributed by atoms with Gasteiger partial charge in [0, 0.05) is 13.1 Å². The Morgan fingerprint density at radius 3 is 2.43 bits per heavy atom. The largest absolute Gasteiger partial charge is 0.480 e. The molecule has 0 bridgehead atoms. The van der Waals surface area contributed by atoms with Crippen LogP contribution in [0.15, 0.2) is 42.5 Å². The van der Waals surface area contributed by atoms with Gasteiger partial charge in [-0.15, -0.1) is 0 Å². The van der Waals surface area contributed by atoms with Gasteiger partial charge in [0.2, 0.25) is 0 Å². The third-order valence-corrected chi connectivity index (χ3v) is 5.58. The summed E-state index contributed by atoms with van der Waals surface area (Å²) in [6, 6.07) is 14.5. The lowest BCUT2D eigenvalue weighted by atomic mass is 10.1. The predicted molar refractivity (Wildman–Crippen MR) is 113 cm³/mol. The lowest BCUT2D eigenvalue weighted by Gasteiger charge is -2.19. The first-order valence-corrected chi connectivity index (χ1v) is 10.4. The normalized spacial score (nSPS) is 15.4. The summed E-state index contributed by atoms with van der Waals surface area (Å²) in [5.74, 6) is 0.720. The molecule has 1 fully saturated rings. The highest BCUT2D eigenvalue weighted by Gasteiger charge is 2.19. The highest BCUT2D eigenvalue weighted by atomic mass is 16.5. The van der Waals surface area contributed by atoms with Gasteiger partial charge in [0.25, 0.3) is 5.91 Å². The van der Waals surface area contributed by atoms with Gasteiger partial charge in [-0.25, -0.2) is 0 Å². The molecular formula is C24H32N2O2. The van der Waals surface area contributed by atoms with Gasteiger partial charge in [-0.2, -0.15) is 0 Å². The quantitative estimate of drug-likeness (QED) is 0.739. The van der Waals surface area contributed by atoms with Gasteiger partial charge in [-0.3, -0.25) is 9.69 Å². The fourth-order valence-corrected chi connectivity index (χ4v) is 3.59. The SMILES string of the molecule is CCC(Oc1cccc(C)c1C)C(=O)NCc1ccc(CN2CCCC2)cc1. The molecule has 0 saturated carbocycles. The summed E-state index contributed by atoms with van der Waals surface area (Å²) in [5, 5.41) is 3.02. The van der Waals surface area contributed by atoms with Crippen molar-refractivity contribution in [3.05, 3.63) is 64.7 Å². The topological polar surface area (TPSA) is 41.6 Å². The Labute approximate surface area is 168 Å². The van der Waals surface area contributed by atoms with Crippen molar-refractivity contribution in [1.29, 1.82) is 0 Å². The standard InChI is InChI=1S/C24H32N2O2/c1-4-22(28-23-9-7-8-18(2)19(23)3)24(27)25-16-20-10-12-21(13-11-20)17-26-14-5-6-15-26/h7-13,22H,4-6,14-17H2,1-3H3,(H,25,27). The maximum absolute atomic E-state index is 12.6. The van der Waals surface area contributed by atoms with Crippen LogP contribution >= 0.6 is 0 Å². The Hall–Kier alpha value is -2.33. The Balaban J connectivity index is 1.52. The van der Waals surface area contributed by atoms with Crippen LogP contribution in [0.2, 0.25) is 0 Å². The molecule has 0 aromatic heterocycles. The number of carbonyl (C=O) groups is 1. The molecule has 1 aliphatic rings. The van der Waals surface area contributed by atoms with E-state index < -0.39 is 6.10 Å². The molecule has 0 spiro atoms. The molecule has 1 atom stereocenters. The summed E-state index contributed by atoms with van der Waals surface area (Å²) in [7, 11) is 0. The van der Waals surface area contributed by atoms with E-state index in [1.54, 1.807) is 0 Å². The van der Waals surface area contributed by atoms with Crippen LogP contribution in [0, 0.1) is 13.8 Å². The average Bonchev–Trinajstić information content (AvgIpc) is 3.21. The predicted octanol–water partition coefficient (Wildman–Crippen LogP) is 4.37. The Morgan fingerprint density at radius 2 is 1.75 bits per heavy atom. The van der Waals surface area contributed by atoms with E-state index in [4.69, 9.17) is 4.74 Å². The summed E-state index contributed by atoms with van der Waals surface area (Å²) >= 11 is 0. The van der Waals surface area contributed by atoms with Crippen LogP contribution in [0.5, 0.6) is 5.75 Å². The number of benzene rings is 2. The molecular weight excluding hydrogens is 348 g/mol. The summed E-state index contributed by atoms with van der Waals surface area (Å²) in [6.45, 7) is 10.0. The number of nitrogens with zero attached hydrogens (tertiary/aromatic N) is 1. The molecule has 28 heavy (non-hydrogen) atoms. The number of hydrogen-bond acceptors (Lipinski definition) is 3. The Morgan fingerprint density at radius 1 is 1.07 bits per heavy atom. The van der Waals surface area contributed by atoms with Gasteiger partial charge >= 0.3 is 0 Å². The first-order chi connectivity index (χ1) is 13.6. The van der Waals surface area contributed by atoms with E-state index in [2.05, 4.69) is 47.5 Å². The molecule has 150 valence electrons. The van der Waals surface area contributed by atoms with Gasteiger partial charge in [-0.1, -0.05) is 43.3 Å². The second-order valence-electron chi connectivity index (χ2n) is 7.73. The van der Waals surface area contributed by atoms with Crippen molar-refractivity contribution < 1.29 is 9.53 Å². The van der Waals surface area contributed by atoms with Gasteiger partial charge in [0.15, 0.2) is 6.10 Å². The van der Waals surface area contributed by atoms with Crippen LogP contribution in [-0.2, 0) is 17.9 Å². The van der Waals surface area contributed by atoms with Crippen molar-refractivity contribution in [3.8, 4) is 5.75 Å². The zero-order chi connectivity index (χ0) is 19.9. The Kier molecular flexibility index (Phi) is 7.10. The average molecular weight is 381 g/mol. The number of carbonyl (C=O) groups excluding carboxylic acids is 1. The van der Waals surface area contributed by atoms with E-state index in [-0.39, 0.29) is 5.91 Å². The highest BCUT2D eigenvalue weighted by molar-refractivity contribution is 5.81. The van der Waals surface area contributed by atoms with Crippen LogP contribution in [0.3, 0.4) is 0 Å². The second kappa shape index (κ2) is 9.74. The summed E-state index contributed by atoms with van der Waals surface area (Å²) in [5.41, 5.74) is 4.70. The van der Waals surface area contributed by atoms with Crippen molar-refractivity contribution in [3.63, 3.8) is 0 Å².